The van der Waals surface area contributed by atoms with Crippen molar-refractivity contribution in [3.63, 3.8) is 0 Å². The smallest absolute Gasteiger partial charge is 0.0141 e. The van der Waals surface area contributed by atoms with Crippen LogP contribution in [0.2, 0.25) is 0 Å². The largest absolute Gasteiger partial charge is 0.0804 e. The summed E-state index contributed by atoms with van der Waals surface area (Å²) in [5.41, 5.74) is 2.69. The normalized spacial score (nSPS) is 43.6. The summed E-state index contributed by atoms with van der Waals surface area (Å²) in [5, 5.41) is 0. The maximum Gasteiger partial charge on any atom is 0.0141 e. The van der Waals surface area contributed by atoms with Crippen LogP contribution in [0.1, 0.15) is 70.6 Å². The topological polar surface area (TPSA) is 0 Å². The highest BCUT2D eigenvalue weighted by Gasteiger charge is 2.60. The Morgan fingerprint density at radius 1 is 0.800 bits per heavy atom. The van der Waals surface area contributed by atoms with Crippen LogP contribution in [-0.2, 0) is 0 Å². The molecule has 0 radical (unpaired) electrons. The van der Waals surface area contributed by atoms with Gasteiger partial charge in [0.2, 0.25) is 0 Å². The quantitative estimate of drug-likeness (QED) is 0.475. The molecule has 0 aromatic rings. The molecule has 3 atom stereocenters. The molecule has 0 aromatic heterocycles. The van der Waals surface area contributed by atoms with Crippen LogP contribution in [0.5, 0.6) is 0 Å². The average molecular weight is 268 g/mol. The third kappa shape index (κ3) is 1.66. The molecule has 1 saturated carbocycles. The predicted octanol–water partition coefficient (Wildman–Crippen LogP) is 5.96. The van der Waals surface area contributed by atoms with E-state index in [1.165, 1.54) is 70.6 Å². The van der Waals surface area contributed by atoms with E-state index in [0.717, 1.165) is 5.92 Å². The van der Waals surface area contributed by atoms with Crippen LogP contribution < -0.4 is 0 Å². The van der Waals surface area contributed by atoms with Crippen LogP contribution in [-0.4, -0.2) is 0 Å². The van der Waals surface area contributed by atoms with Crippen molar-refractivity contribution in [2.75, 3.05) is 0 Å². The molecule has 1 fully saturated rings. The standard InChI is InChI=1S/C20H28/c1-2-4-6-8-14-20-17-9-10-18(20)12-16-19(20,15-11-17)13-7-5-3-1/h9-12,15,17H,1-8,13-14,16H2/t17-,19-,20+/m0/s1. The van der Waals surface area contributed by atoms with Crippen molar-refractivity contribution in [3.05, 3.63) is 36.0 Å². The molecule has 0 heterocycles. The van der Waals surface area contributed by atoms with Crippen molar-refractivity contribution in [1.29, 1.82) is 0 Å². The molecule has 0 bridgehead atoms. The molecule has 0 aromatic carbocycles. The SMILES string of the molecule is C1=C[C@H]2C=C[C@@]34CC=C1[C@@]23CCCCCCCCCC4. The first-order valence-electron chi connectivity index (χ1n) is 8.96. The minimum absolute atomic E-state index is 0.492. The molecule has 0 nitrogen and oxygen atoms in total. The second-order valence-electron chi connectivity index (χ2n) is 7.56. The lowest BCUT2D eigenvalue weighted by molar-refractivity contribution is 0.114. The van der Waals surface area contributed by atoms with Gasteiger partial charge in [0, 0.05) is 16.7 Å². The maximum absolute atomic E-state index is 2.64. The Kier molecular flexibility index (Phi) is 3.16. The van der Waals surface area contributed by atoms with Gasteiger partial charge in [-0.2, -0.15) is 0 Å². The Bertz CT molecular complexity index is 466. The van der Waals surface area contributed by atoms with Gasteiger partial charge in [0.15, 0.2) is 0 Å². The zero-order valence-electron chi connectivity index (χ0n) is 12.7. The second-order valence-corrected chi connectivity index (χ2v) is 7.56. The summed E-state index contributed by atoms with van der Waals surface area (Å²) in [7, 11) is 0. The van der Waals surface area contributed by atoms with Crippen LogP contribution in [0, 0.1) is 16.7 Å². The summed E-state index contributed by atoms with van der Waals surface area (Å²) >= 11 is 0. The Morgan fingerprint density at radius 2 is 1.50 bits per heavy atom. The van der Waals surface area contributed by atoms with E-state index in [1.807, 2.05) is 0 Å². The summed E-state index contributed by atoms with van der Waals surface area (Å²) in [6.45, 7) is 0. The van der Waals surface area contributed by atoms with Crippen molar-refractivity contribution in [2.24, 2.45) is 16.7 Å². The summed E-state index contributed by atoms with van der Waals surface area (Å²) in [6.07, 6.45) is 28.6. The minimum Gasteiger partial charge on any atom is -0.0804 e. The fourth-order valence-corrected chi connectivity index (χ4v) is 5.66. The summed E-state index contributed by atoms with van der Waals surface area (Å²) < 4.78 is 0. The molecule has 0 N–H and O–H groups in total. The fraction of sp³-hybridized carbons (Fsp3) is 0.700. The Hall–Kier alpha value is -0.780. The van der Waals surface area contributed by atoms with Crippen LogP contribution in [0.3, 0.4) is 0 Å². The van der Waals surface area contributed by atoms with Gasteiger partial charge in [-0.3, -0.25) is 0 Å². The highest BCUT2D eigenvalue weighted by atomic mass is 14.6. The predicted molar refractivity (Wildman–Crippen MR) is 85.5 cm³/mol. The molecule has 0 amide bonds. The Labute approximate surface area is 124 Å². The zero-order valence-corrected chi connectivity index (χ0v) is 12.7. The van der Waals surface area contributed by atoms with E-state index < -0.39 is 0 Å². The maximum atomic E-state index is 2.64. The lowest BCUT2D eigenvalue weighted by Crippen LogP contribution is -2.37. The monoisotopic (exact) mass is 268 g/mol. The third-order valence-electron chi connectivity index (χ3n) is 6.71. The molecular weight excluding hydrogens is 240 g/mol. The van der Waals surface area contributed by atoms with E-state index >= 15 is 0 Å². The first kappa shape index (κ1) is 12.9. The number of hydrogen-bond acceptors (Lipinski definition) is 0. The Morgan fingerprint density at radius 3 is 2.30 bits per heavy atom. The molecule has 20 heavy (non-hydrogen) atoms. The minimum atomic E-state index is 0.492. The van der Waals surface area contributed by atoms with E-state index in [4.69, 9.17) is 0 Å². The van der Waals surface area contributed by atoms with Crippen LogP contribution >= 0.6 is 0 Å². The van der Waals surface area contributed by atoms with Gasteiger partial charge < -0.3 is 0 Å². The van der Waals surface area contributed by atoms with Crippen molar-refractivity contribution >= 4 is 0 Å². The van der Waals surface area contributed by atoms with Gasteiger partial charge in [-0.15, -0.1) is 0 Å². The van der Waals surface area contributed by atoms with Gasteiger partial charge in [0.25, 0.3) is 0 Å². The van der Waals surface area contributed by atoms with Crippen molar-refractivity contribution in [1.82, 2.24) is 0 Å². The number of allylic oxidation sites excluding steroid dienone is 6. The molecule has 0 unspecified atom stereocenters. The van der Waals surface area contributed by atoms with E-state index in [0.29, 0.717) is 10.8 Å². The molecule has 4 aliphatic rings. The Balaban J connectivity index is 1.63. The molecule has 0 saturated heterocycles. The first-order chi connectivity index (χ1) is 9.87. The summed E-state index contributed by atoms with van der Waals surface area (Å²) in [4.78, 5) is 0. The van der Waals surface area contributed by atoms with Crippen LogP contribution in [0.4, 0.5) is 0 Å². The number of hydrogen-bond donors (Lipinski definition) is 0. The molecule has 0 aliphatic heterocycles. The second kappa shape index (κ2) is 4.90. The molecule has 0 heteroatoms. The highest BCUT2D eigenvalue weighted by Crippen LogP contribution is 2.69. The van der Waals surface area contributed by atoms with Crippen molar-refractivity contribution in [2.45, 2.75) is 70.6 Å². The fourth-order valence-electron chi connectivity index (χ4n) is 5.66. The molecular formula is C20H28. The van der Waals surface area contributed by atoms with E-state index in [-0.39, 0.29) is 0 Å². The van der Waals surface area contributed by atoms with E-state index in [2.05, 4.69) is 30.4 Å². The third-order valence-corrected chi connectivity index (χ3v) is 6.71. The van der Waals surface area contributed by atoms with Crippen LogP contribution in [0.25, 0.3) is 0 Å². The molecule has 108 valence electrons. The van der Waals surface area contributed by atoms with Gasteiger partial charge in [0.1, 0.15) is 0 Å². The number of rotatable bonds is 0. The van der Waals surface area contributed by atoms with Gasteiger partial charge in [-0.25, -0.2) is 0 Å². The lowest BCUT2D eigenvalue weighted by Gasteiger charge is -2.44. The lowest BCUT2D eigenvalue weighted by atomic mass is 9.58. The molecule has 4 rings (SSSR count). The van der Waals surface area contributed by atoms with Crippen molar-refractivity contribution < 1.29 is 0 Å². The average Bonchev–Trinajstić information content (AvgIpc) is 3.04. The van der Waals surface area contributed by atoms with Gasteiger partial charge in [0.05, 0.1) is 0 Å². The summed E-state index contributed by atoms with van der Waals surface area (Å²) in [6, 6.07) is 0. The van der Waals surface area contributed by atoms with Crippen molar-refractivity contribution in [3.8, 4) is 0 Å². The first-order valence-corrected chi connectivity index (χ1v) is 8.96. The zero-order chi connectivity index (χ0) is 13.5. The van der Waals surface area contributed by atoms with Gasteiger partial charge in [-0.05, 0) is 24.8 Å². The highest BCUT2D eigenvalue weighted by molar-refractivity contribution is 5.50. The van der Waals surface area contributed by atoms with E-state index in [9.17, 15) is 0 Å². The van der Waals surface area contributed by atoms with Gasteiger partial charge in [-0.1, -0.05) is 81.7 Å². The summed E-state index contributed by atoms with van der Waals surface area (Å²) in [5.74, 6) is 0.721. The van der Waals surface area contributed by atoms with Crippen LogP contribution in [0.15, 0.2) is 36.0 Å². The molecule has 4 aliphatic carbocycles. The molecule has 1 spiro atoms. The van der Waals surface area contributed by atoms with Gasteiger partial charge >= 0.3 is 0 Å². The van der Waals surface area contributed by atoms with E-state index in [1.54, 1.807) is 5.57 Å².